The minimum atomic E-state index is 1.06. The van der Waals surface area contributed by atoms with Crippen LogP contribution < -0.4 is 0 Å². The minimum Gasteiger partial charge on any atom is -0.0988 e. The standard InChI is InChI=1S/C16H22/c1-4-7-15-10-12-16(13-11-15)9-6-8-14(3)5-2/h5,10-13H,2-4,6-9H2,1H3. The van der Waals surface area contributed by atoms with Crippen molar-refractivity contribution in [3.8, 4) is 0 Å². The van der Waals surface area contributed by atoms with Gasteiger partial charge < -0.3 is 0 Å². The first-order chi connectivity index (χ1) is 7.76. The van der Waals surface area contributed by atoms with Crippen LogP contribution in [0, 0.1) is 0 Å². The van der Waals surface area contributed by atoms with Crippen LogP contribution in [0.5, 0.6) is 0 Å². The molecule has 0 aliphatic carbocycles. The van der Waals surface area contributed by atoms with Gasteiger partial charge >= 0.3 is 0 Å². The van der Waals surface area contributed by atoms with Crippen LogP contribution >= 0.6 is 0 Å². The fraction of sp³-hybridized carbons (Fsp3) is 0.375. The van der Waals surface area contributed by atoms with E-state index in [1.165, 1.54) is 24.0 Å². The average Bonchev–Trinajstić information content (AvgIpc) is 2.31. The fourth-order valence-corrected chi connectivity index (χ4v) is 1.78. The third-order valence-electron chi connectivity index (χ3n) is 2.81. The number of benzene rings is 1. The molecule has 0 saturated carbocycles. The van der Waals surface area contributed by atoms with Gasteiger partial charge in [-0.15, -0.1) is 0 Å². The van der Waals surface area contributed by atoms with Crippen LogP contribution in [0.1, 0.15) is 37.3 Å². The number of allylic oxidation sites excluding steroid dienone is 2. The summed E-state index contributed by atoms with van der Waals surface area (Å²) in [6, 6.07) is 9.01. The molecule has 1 rings (SSSR count). The molecule has 0 aromatic heterocycles. The molecule has 0 N–H and O–H groups in total. The maximum Gasteiger partial charge on any atom is -0.0276 e. The number of rotatable bonds is 7. The molecular formula is C16H22. The van der Waals surface area contributed by atoms with Gasteiger partial charge in [0.15, 0.2) is 0 Å². The summed E-state index contributed by atoms with van der Waals surface area (Å²) in [4.78, 5) is 0. The van der Waals surface area contributed by atoms with Crippen molar-refractivity contribution in [3.63, 3.8) is 0 Å². The van der Waals surface area contributed by atoms with Gasteiger partial charge in [-0.05, 0) is 36.8 Å². The van der Waals surface area contributed by atoms with E-state index in [0.717, 1.165) is 24.8 Å². The largest absolute Gasteiger partial charge is 0.0988 e. The van der Waals surface area contributed by atoms with E-state index in [-0.39, 0.29) is 0 Å². The van der Waals surface area contributed by atoms with Gasteiger partial charge in [0.1, 0.15) is 0 Å². The van der Waals surface area contributed by atoms with Gasteiger partial charge in [0.2, 0.25) is 0 Å². The molecular weight excluding hydrogens is 192 g/mol. The van der Waals surface area contributed by atoms with Crippen LogP contribution in [0.2, 0.25) is 0 Å². The van der Waals surface area contributed by atoms with Crippen LogP contribution in [-0.2, 0) is 12.8 Å². The van der Waals surface area contributed by atoms with Gasteiger partial charge in [0.25, 0.3) is 0 Å². The highest BCUT2D eigenvalue weighted by Gasteiger charge is 1.95. The molecule has 0 heterocycles. The van der Waals surface area contributed by atoms with Crippen molar-refractivity contribution in [3.05, 3.63) is 60.2 Å². The maximum absolute atomic E-state index is 3.92. The first-order valence-electron chi connectivity index (χ1n) is 6.14. The van der Waals surface area contributed by atoms with Crippen LogP contribution in [0.25, 0.3) is 0 Å². The van der Waals surface area contributed by atoms with E-state index in [2.05, 4.69) is 44.3 Å². The first kappa shape index (κ1) is 12.8. The monoisotopic (exact) mass is 214 g/mol. The normalized spacial score (nSPS) is 10.1. The zero-order valence-corrected chi connectivity index (χ0v) is 10.3. The second kappa shape index (κ2) is 7.05. The van der Waals surface area contributed by atoms with E-state index in [1.807, 2.05) is 6.08 Å². The van der Waals surface area contributed by atoms with Gasteiger partial charge in [-0.3, -0.25) is 0 Å². The van der Waals surface area contributed by atoms with E-state index >= 15 is 0 Å². The third-order valence-corrected chi connectivity index (χ3v) is 2.81. The third kappa shape index (κ3) is 4.48. The van der Waals surface area contributed by atoms with Crippen molar-refractivity contribution >= 4 is 0 Å². The minimum absolute atomic E-state index is 1.06. The summed E-state index contributed by atoms with van der Waals surface area (Å²) in [7, 11) is 0. The summed E-state index contributed by atoms with van der Waals surface area (Å²) in [6.45, 7) is 9.86. The van der Waals surface area contributed by atoms with Crippen molar-refractivity contribution in [1.82, 2.24) is 0 Å². The Morgan fingerprint density at radius 3 is 2.19 bits per heavy atom. The Bertz CT molecular complexity index is 330. The Hall–Kier alpha value is -1.30. The summed E-state index contributed by atoms with van der Waals surface area (Å²) < 4.78 is 0. The van der Waals surface area contributed by atoms with Crippen molar-refractivity contribution in [2.75, 3.05) is 0 Å². The second-order valence-corrected chi connectivity index (χ2v) is 4.28. The van der Waals surface area contributed by atoms with Crippen molar-refractivity contribution in [2.24, 2.45) is 0 Å². The van der Waals surface area contributed by atoms with E-state index in [1.54, 1.807) is 0 Å². The molecule has 1 aromatic carbocycles. The number of hydrogen-bond acceptors (Lipinski definition) is 0. The van der Waals surface area contributed by atoms with E-state index < -0.39 is 0 Å². The van der Waals surface area contributed by atoms with Gasteiger partial charge in [0, 0.05) is 0 Å². The number of aryl methyl sites for hydroxylation is 2. The molecule has 0 amide bonds. The van der Waals surface area contributed by atoms with Crippen LogP contribution in [0.15, 0.2) is 49.1 Å². The zero-order valence-electron chi connectivity index (χ0n) is 10.3. The van der Waals surface area contributed by atoms with Crippen molar-refractivity contribution < 1.29 is 0 Å². The lowest BCUT2D eigenvalue weighted by molar-refractivity contribution is 0.824. The molecule has 0 aliphatic rings. The number of hydrogen-bond donors (Lipinski definition) is 0. The Morgan fingerprint density at radius 2 is 1.69 bits per heavy atom. The molecule has 1 aromatic rings. The Labute approximate surface area is 99.7 Å². The predicted octanol–water partition coefficient (Wildman–Crippen LogP) is 4.70. The SMILES string of the molecule is C=CC(=C)CCCc1ccc(CCC)cc1. The van der Waals surface area contributed by atoms with Gasteiger partial charge in [-0.2, -0.15) is 0 Å². The lowest BCUT2D eigenvalue weighted by Gasteiger charge is -2.03. The summed E-state index contributed by atoms with van der Waals surface area (Å²) in [5, 5.41) is 0. The summed E-state index contributed by atoms with van der Waals surface area (Å²) in [5.74, 6) is 0. The molecule has 0 fully saturated rings. The lowest BCUT2D eigenvalue weighted by Crippen LogP contribution is -1.88. The highest BCUT2D eigenvalue weighted by molar-refractivity contribution is 5.23. The molecule has 0 radical (unpaired) electrons. The Kier molecular flexibility index (Phi) is 5.63. The first-order valence-corrected chi connectivity index (χ1v) is 6.14. The molecule has 0 unspecified atom stereocenters. The predicted molar refractivity (Wildman–Crippen MR) is 72.7 cm³/mol. The Balaban J connectivity index is 2.37. The van der Waals surface area contributed by atoms with E-state index in [4.69, 9.17) is 0 Å². The van der Waals surface area contributed by atoms with Crippen LogP contribution in [0.4, 0.5) is 0 Å². The van der Waals surface area contributed by atoms with Crippen LogP contribution in [0.3, 0.4) is 0 Å². The zero-order chi connectivity index (χ0) is 11.8. The smallest absolute Gasteiger partial charge is 0.0276 e. The van der Waals surface area contributed by atoms with E-state index in [9.17, 15) is 0 Å². The highest BCUT2D eigenvalue weighted by Crippen LogP contribution is 2.11. The summed E-state index contributed by atoms with van der Waals surface area (Å²) >= 11 is 0. The summed E-state index contributed by atoms with van der Waals surface area (Å²) in [5.41, 5.74) is 4.01. The highest BCUT2D eigenvalue weighted by atomic mass is 14.0. The topological polar surface area (TPSA) is 0 Å². The summed E-state index contributed by atoms with van der Waals surface area (Å²) in [6.07, 6.45) is 7.62. The molecule has 0 spiro atoms. The molecule has 0 bridgehead atoms. The van der Waals surface area contributed by atoms with Crippen molar-refractivity contribution in [1.29, 1.82) is 0 Å². The maximum atomic E-state index is 3.92. The molecule has 0 heteroatoms. The van der Waals surface area contributed by atoms with Gasteiger partial charge in [-0.25, -0.2) is 0 Å². The second-order valence-electron chi connectivity index (χ2n) is 4.28. The van der Waals surface area contributed by atoms with Gasteiger partial charge in [-0.1, -0.05) is 62.4 Å². The molecule has 0 saturated heterocycles. The molecule has 0 aliphatic heterocycles. The van der Waals surface area contributed by atoms with Gasteiger partial charge in [0.05, 0.1) is 0 Å². The quantitative estimate of drug-likeness (QED) is 0.577. The fourth-order valence-electron chi connectivity index (χ4n) is 1.78. The molecule has 0 nitrogen and oxygen atoms in total. The average molecular weight is 214 g/mol. The molecule has 16 heavy (non-hydrogen) atoms. The molecule has 0 atom stereocenters. The van der Waals surface area contributed by atoms with E-state index in [0.29, 0.717) is 0 Å². The van der Waals surface area contributed by atoms with Crippen LogP contribution in [-0.4, -0.2) is 0 Å². The Morgan fingerprint density at radius 1 is 1.12 bits per heavy atom. The molecule has 86 valence electrons. The lowest BCUT2D eigenvalue weighted by atomic mass is 10.0. The van der Waals surface area contributed by atoms with Crippen molar-refractivity contribution in [2.45, 2.75) is 39.0 Å².